The average Bonchev–Trinajstić information content (AvgIpc) is 2.78. The molecule has 1 amide bonds. The van der Waals surface area contributed by atoms with E-state index in [9.17, 15) is 4.79 Å². The second-order valence-corrected chi connectivity index (χ2v) is 9.55. The summed E-state index contributed by atoms with van der Waals surface area (Å²) in [5.74, 6) is -0.225. The van der Waals surface area contributed by atoms with Crippen LogP contribution in [-0.2, 0) is 18.1 Å². The molecule has 176 valence electrons. The van der Waals surface area contributed by atoms with Crippen molar-refractivity contribution in [2.75, 3.05) is 36.6 Å². The number of nitrogens with zero attached hydrogens (tertiary/aromatic N) is 1. The van der Waals surface area contributed by atoms with Crippen LogP contribution in [0.2, 0.25) is 6.04 Å². The molecular weight excluding hydrogens is 444 g/mol. The van der Waals surface area contributed by atoms with Gasteiger partial charge in [-0.2, -0.15) is 0 Å². The smallest absolute Gasteiger partial charge is 0.374 e. The number of para-hydroxylation sites is 1. The molecule has 0 heterocycles. The zero-order valence-electron chi connectivity index (χ0n) is 19.2. The predicted octanol–water partition coefficient (Wildman–Crippen LogP) is 5.81. The van der Waals surface area contributed by atoms with Gasteiger partial charge in [-0.05, 0) is 69.7 Å². The van der Waals surface area contributed by atoms with Gasteiger partial charge in [0.1, 0.15) is 0 Å². The molecule has 0 aliphatic carbocycles. The zero-order chi connectivity index (χ0) is 22.5. The van der Waals surface area contributed by atoms with Gasteiger partial charge in [0.2, 0.25) is 5.91 Å². The monoisotopic (exact) mass is 478 g/mol. The normalized spacial score (nSPS) is 10.8. The van der Waals surface area contributed by atoms with Gasteiger partial charge >= 0.3 is 8.80 Å². The number of carbonyl (C=O) groups excluding carboxylic acids is 1. The molecule has 0 aromatic heterocycles. The fourth-order valence-electron chi connectivity index (χ4n) is 3.39. The summed E-state index contributed by atoms with van der Waals surface area (Å²) in [6.07, 6.45) is 2.12. The highest BCUT2D eigenvalue weighted by Crippen LogP contribution is 2.28. The number of nitrogens with one attached hydrogen (secondary N) is 1. The quantitative estimate of drug-likeness (QED) is 0.274. The van der Waals surface area contributed by atoms with Crippen molar-refractivity contribution in [3.05, 3.63) is 67.3 Å². The van der Waals surface area contributed by atoms with Gasteiger partial charge in [0, 0.05) is 49.5 Å². The lowest BCUT2D eigenvalue weighted by molar-refractivity contribution is -0.111. The number of amides is 1. The van der Waals surface area contributed by atoms with E-state index in [2.05, 4.69) is 28.9 Å². The molecule has 2 aromatic rings. The van der Waals surface area contributed by atoms with E-state index in [-0.39, 0.29) is 18.3 Å². The van der Waals surface area contributed by atoms with E-state index >= 15 is 0 Å². The lowest BCUT2D eigenvalue weighted by Gasteiger charge is -2.30. The minimum absolute atomic E-state index is 0. The van der Waals surface area contributed by atoms with Gasteiger partial charge in [0.05, 0.1) is 0 Å². The van der Waals surface area contributed by atoms with Crippen LogP contribution in [0.15, 0.2) is 67.3 Å². The maximum atomic E-state index is 11.5. The highest BCUT2D eigenvalue weighted by atomic mass is 35.5. The maximum absolute atomic E-state index is 11.5. The molecule has 0 aliphatic heterocycles. The van der Waals surface area contributed by atoms with Gasteiger partial charge in [-0.1, -0.05) is 24.8 Å². The summed E-state index contributed by atoms with van der Waals surface area (Å²) >= 11 is 0. The molecular formula is C24H35ClN2O4Si. The molecule has 6 nitrogen and oxygen atoms in total. The second kappa shape index (κ2) is 14.8. The van der Waals surface area contributed by atoms with Crippen LogP contribution in [0.25, 0.3) is 0 Å². The first kappa shape index (κ1) is 27.9. The fraction of sp³-hybridized carbons (Fsp3) is 0.375. The Labute approximate surface area is 199 Å². The summed E-state index contributed by atoms with van der Waals surface area (Å²) in [4.78, 5) is 13.8. The summed E-state index contributed by atoms with van der Waals surface area (Å²) in [7, 11) is -2.68. The Kier molecular flexibility index (Phi) is 12.9. The predicted molar refractivity (Wildman–Crippen MR) is 136 cm³/mol. The van der Waals surface area contributed by atoms with Crippen LogP contribution in [0, 0.1) is 0 Å². The van der Waals surface area contributed by atoms with E-state index < -0.39 is 8.80 Å². The van der Waals surface area contributed by atoms with Gasteiger partial charge in [-0.3, -0.25) is 4.79 Å². The first-order valence-electron chi connectivity index (χ1n) is 10.8. The van der Waals surface area contributed by atoms with Gasteiger partial charge in [-0.15, -0.1) is 12.4 Å². The second-order valence-electron chi connectivity index (χ2n) is 6.81. The van der Waals surface area contributed by atoms with Gasteiger partial charge < -0.3 is 23.5 Å². The first-order chi connectivity index (χ1) is 15.1. The third-order valence-corrected chi connectivity index (χ3v) is 7.81. The van der Waals surface area contributed by atoms with Gasteiger partial charge in [-0.25, -0.2) is 0 Å². The summed E-state index contributed by atoms with van der Waals surface area (Å²) in [5.41, 5.74) is 2.87. The summed E-state index contributed by atoms with van der Waals surface area (Å²) in [6.45, 7) is 11.9. The number of hydrogen-bond donors (Lipinski definition) is 1. The Morgan fingerprint density at radius 2 is 1.47 bits per heavy atom. The van der Waals surface area contributed by atoms with Crippen molar-refractivity contribution < 1.29 is 18.1 Å². The van der Waals surface area contributed by atoms with Crippen molar-refractivity contribution in [1.82, 2.24) is 0 Å². The Morgan fingerprint density at radius 1 is 0.938 bits per heavy atom. The minimum Gasteiger partial charge on any atom is -0.374 e. The number of carbonyl (C=O) groups is 1. The van der Waals surface area contributed by atoms with Crippen molar-refractivity contribution in [1.29, 1.82) is 0 Å². The lowest BCUT2D eigenvalue weighted by Crippen LogP contribution is -2.46. The molecule has 0 unspecified atom stereocenters. The van der Waals surface area contributed by atoms with Crippen molar-refractivity contribution in [2.24, 2.45) is 0 Å². The van der Waals surface area contributed by atoms with Crippen LogP contribution >= 0.6 is 12.4 Å². The van der Waals surface area contributed by atoms with Crippen LogP contribution in [-0.4, -0.2) is 41.1 Å². The summed E-state index contributed by atoms with van der Waals surface area (Å²) in [6, 6.07) is 18.8. The SMILES string of the molecule is C=CC(=O)Nc1ccc(N(CCC[Si](OCC)(OCC)OCC)c2ccccc2)cc1.Cl. The molecule has 0 bridgehead atoms. The minimum atomic E-state index is -2.68. The molecule has 0 aliphatic rings. The summed E-state index contributed by atoms with van der Waals surface area (Å²) < 4.78 is 18.0. The summed E-state index contributed by atoms with van der Waals surface area (Å²) in [5, 5.41) is 2.78. The Morgan fingerprint density at radius 3 is 1.97 bits per heavy atom. The third kappa shape index (κ3) is 8.41. The van der Waals surface area contributed by atoms with Gasteiger partial charge in [0.25, 0.3) is 0 Å². The first-order valence-corrected chi connectivity index (χ1v) is 12.8. The van der Waals surface area contributed by atoms with E-state index in [1.165, 1.54) is 6.08 Å². The van der Waals surface area contributed by atoms with Crippen LogP contribution < -0.4 is 10.2 Å². The number of hydrogen-bond acceptors (Lipinski definition) is 5. The Bertz CT molecular complexity index is 788. The Balaban J connectivity index is 0.00000512. The molecule has 0 fully saturated rings. The number of anilines is 3. The highest BCUT2D eigenvalue weighted by Gasteiger charge is 2.39. The van der Waals surface area contributed by atoms with Crippen LogP contribution in [0.5, 0.6) is 0 Å². The number of halogens is 1. The topological polar surface area (TPSA) is 60.0 Å². The van der Waals surface area contributed by atoms with Crippen molar-refractivity contribution in [3.8, 4) is 0 Å². The van der Waals surface area contributed by atoms with E-state index in [0.717, 1.165) is 36.1 Å². The standard InChI is InChI=1S/C24H34N2O4Si.ClH/c1-5-24(27)25-21-15-17-23(18-16-21)26(22-13-10-9-11-14-22)19-12-20-31(28-6-2,29-7-3)30-8-4;/h5,9-11,13-18H,1,6-8,12,19-20H2,2-4H3,(H,25,27);1H. The largest absolute Gasteiger partial charge is 0.500 e. The van der Waals surface area contributed by atoms with E-state index in [0.29, 0.717) is 19.8 Å². The molecule has 2 aromatic carbocycles. The van der Waals surface area contributed by atoms with E-state index in [4.69, 9.17) is 13.3 Å². The Hall–Kier alpha value is -2.16. The fourth-order valence-corrected chi connectivity index (χ4v) is 5.98. The van der Waals surface area contributed by atoms with E-state index in [1.807, 2.05) is 63.2 Å². The van der Waals surface area contributed by atoms with Crippen molar-refractivity contribution in [3.63, 3.8) is 0 Å². The average molecular weight is 479 g/mol. The molecule has 0 atom stereocenters. The highest BCUT2D eigenvalue weighted by molar-refractivity contribution is 6.60. The lowest BCUT2D eigenvalue weighted by atomic mass is 10.2. The molecule has 0 saturated heterocycles. The van der Waals surface area contributed by atoms with Crippen molar-refractivity contribution >= 4 is 44.2 Å². The molecule has 8 heteroatoms. The molecule has 32 heavy (non-hydrogen) atoms. The number of rotatable bonds is 14. The zero-order valence-corrected chi connectivity index (χ0v) is 21.0. The third-order valence-electron chi connectivity index (χ3n) is 4.66. The molecule has 1 N–H and O–H groups in total. The maximum Gasteiger partial charge on any atom is 0.500 e. The van der Waals surface area contributed by atoms with Crippen LogP contribution in [0.1, 0.15) is 27.2 Å². The van der Waals surface area contributed by atoms with Crippen LogP contribution in [0.3, 0.4) is 0 Å². The van der Waals surface area contributed by atoms with Crippen molar-refractivity contribution in [2.45, 2.75) is 33.2 Å². The van der Waals surface area contributed by atoms with E-state index in [1.54, 1.807) is 0 Å². The molecule has 2 rings (SSSR count). The number of benzene rings is 2. The molecule has 0 saturated carbocycles. The van der Waals surface area contributed by atoms with Gasteiger partial charge in [0.15, 0.2) is 0 Å². The van der Waals surface area contributed by atoms with Crippen LogP contribution in [0.4, 0.5) is 17.1 Å². The molecule has 0 radical (unpaired) electrons. The molecule has 0 spiro atoms.